The number of fused-ring (bicyclic) bond motifs is 3. The van der Waals surface area contributed by atoms with Crippen LogP contribution in [0.15, 0.2) is 39.2 Å². The number of nitrogens with zero attached hydrogens (tertiary/aromatic N) is 1. The summed E-state index contributed by atoms with van der Waals surface area (Å²) in [5, 5.41) is 2.45. The van der Waals surface area contributed by atoms with Crippen molar-refractivity contribution < 1.29 is 4.42 Å². The van der Waals surface area contributed by atoms with Crippen LogP contribution in [0.1, 0.15) is 0 Å². The fourth-order valence-electron chi connectivity index (χ4n) is 1.64. The Balaban J connectivity index is 2.59. The number of furan rings is 1. The van der Waals surface area contributed by atoms with Gasteiger partial charge >= 0.3 is 0 Å². The summed E-state index contributed by atoms with van der Waals surface area (Å²) in [5.41, 5.74) is 1.39. The van der Waals surface area contributed by atoms with Crippen molar-refractivity contribution in [1.29, 1.82) is 0 Å². The van der Waals surface area contributed by atoms with Crippen molar-refractivity contribution in [3.63, 3.8) is 0 Å². The molecule has 2 nitrogen and oxygen atoms in total. The molecule has 0 unspecified atom stereocenters. The molecule has 0 aliphatic heterocycles. The molecule has 0 atom stereocenters. The Kier molecular flexibility index (Phi) is 1.97. The SMILES string of the molecule is Clc1ccc2c(n1)oc1cccc(Br)c12. The molecule has 2 heterocycles. The van der Waals surface area contributed by atoms with E-state index < -0.39 is 0 Å². The van der Waals surface area contributed by atoms with Gasteiger partial charge in [0.2, 0.25) is 5.71 Å². The molecule has 0 saturated heterocycles. The number of hydrogen-bond donors (Lipinski definition) is 0. The van der Waals surface area contributed by atoms with E-state index in [4.69, 9.17) is 16.0 Å². The standard InChI is InChI=1S/C11H5BrClNO/c12-7-2-1-3-8-10(7)6-4-5-9(13)14-11(6)15-8/h1-5H. The zero-order chi connectivity index (χ0) is 10.4. The van der Waals surface area contributed by atoms with Gasteiger partial charge in [-0.3, -0.25) is 0 Å². The zero-order valence-corrected chi connectivity index (χ0v) is 9.84. The molecule has 74 valence electrons. The van der Waals surface area contributed by atoms with E-state index in [1.165, 1.54) is 0 Å². The van der Waals surface area contributed by atoms with Crippen LogP contribution in [0.5, 0.6) is 0 Å². The number of halogens is 2. The second-order valence-corrected chi connectivity index (χ2v) is 4.44. The van der Waals surface area contributed by atoms with Gasteiger partial charge in [0.05, 0.1) is 0 Å². The number of rotatable bonds is 0. The van der Waals surface area contributed by atoms with Crippen molar-refractivity contribution in [2.75, 3.05) is 0 Å². The maximum absolute atomic E-state index is 5.80. The topological polar surface area (TPSA) is 26.0 Å². The highest BCUT2D eigenvalue weighted by molar-refractivity contribution is 9.10. The molecule has 0 aliphatic rings. The van der Waals surface area contributed by atoms with E-state index in [1.54, 1.807) is 6.07 Å². The van der Waals surface area contributed by atoms with Gasteiger partial charge in [0.15, 0.2) is 0 Å². The van der Waals surface area contributed by atoms with Crippen LogP contribution < -0.4 is 0 Å². The summed E-state index contributed by atoms with van der Waals surface area (Å²) < 4.78 is 6.59. The quantitative estimate of drug-likeness (QED) is 0.571. The molecule has 0 bridgehead atoms. The summed E-state index contributed by atoms with van der Waals surface area (Å²) >= 11 is 9.30. The van der Waals surface area contributed by atoms with Gasteiger partial charge < -0.3 is 4.42 Å². The molecule has 0 N–H and O–H groups in total. The normalized spacial score (nSPS) is 11.3. The summed E-state index contributed by atoms with van der Waals surface area (Å²) in [7, 11) is 0. The molecule has 3 aromatic rings. The van der Waals surface area contributed by atoms with Crippen LogP contribution in [0, 0.1) is 0 Å². The predicted octanol–water partition coefficient (Wildman–Crippen LogP) is 4.40. The smallest absolute Gasteiger partial charge is 0.228 e. The van der Waals surface area contributed by atoms with Gasteiger partial charge in [-0.25, -0.2) is 4.98 Å². The highest BCUT2D eigenvalue weighted by Crippen LogP contribution is 2.33. The van der Waals surface area contributed by atoms with Crippen LogP contribution in [-0.4, -0.2) is 4.98 Å². The van der Waals surface area contributed by atoms with Crippen molar-refractivity contribution in [2.45, 2.75) is 0 Å². The summed E-state index contributed by atoms with van der Waals surface area (Å²) in [5.74, 6) is 0. The molecule has 0 saturated carbocycles. The molecular weight excluding hydrogens is 277 g/mol. The third-order valence-corrected chi connectivity index (χ3v) is 3.15. The highest BCUT2D eigenvalue weighted by Gasteiger charge is 2.10. The molecule has 0 amide bonds. The summed E-state index contributed by atoms with van der Waals surface area (Å²) in [6, 6.07) is 9.50. The zero-order valence-electron chi connectivity index (χ0n) is 7.50. The summed E-state index contributed by atoms with van der Waals surface area (Å²) in [4.78, 5) is 4.13. The summed E-state index contributed by atoms with van der Waals surface area (Å²) in [6.07, 6.45) is 0. The van der Waals surface area contributed by atoms with E-state index >= 15 is 0 Å². The maximum Gasteiger partial charge on any atom is 0.228 e. The molecule has 0 spiro atoms. The van der Waals surface area contributed by atoms with Gasteiger partial charge in [-0.2, -0.15) is 0 Å². The lowest BCUT2D eigenvalue weighted by molar-refractivity contribution is 0.654. The maximum atomic E-state index is 5.80. The highest BCUT2D eigenvalue weighted by atomic mass is 79.9. The Hall–Kier alpha value is -1.06. The molecule has 0 aliphatic carbocycles. The van der Waals surface area contributed by atoms with E-state index in [1.807, 2.05) is 24.3 Å². The largest absolute Gasteiger partial charge is 0.438 e. The lowest BCUT2D eigenvalue weighted by Gasteiger charge is -1.91. The first-order chi connectivity index (χ1) is 7.25. The van der Waals surface area contributed by atoms with Crippen LogP contribution >= 0.6 is 27.5 Å². The Morgan fingerprint density at radius 3 is 2.93 bits per heavy atom. The average molecular weight is 283 g/mol. The minimum Gasteiger partial charge on any atom is -0.438 e. The number of aromatic nitrogens is 1. The number of pyridine rings is 1. The predicted molar refractivity (Wildman–Crippen MR) is 64.2 cm³/mol. The minimum atomic E-state index is 0.442. The third-order valence-electron chi connectivity index (χ3n) is 2.28. The molecule has 2 aromatic heterocycles. The van der Waals surface area contributed by atoms with Crippen molar-refractivity contribution in [1.82, 2.24) is 4.98 Å². The molecule has 15 heavy (non-hydrogen) atoms. The van der Waals surface area contributed by atoms with Crippen LogP contribution in [-0.2, 0) is 0 Å². The fourth-order valence-corrected chi connectivity index (χ4v) is 2.34. The second-order valence-electron chi connectivity index (χ2n) is 3.20. The average Bonchev–Trinajstić information content (AvgIpc) is 2.56. The molecule has 1 aromatic carbocycles. The van der Waals surface area contributed by atoms with Gasteiger partial charge in [-0.15, -0.1) is 0 Å². The van der Waals surface area contributed by atoms with Gasteiger partial charge in [0, 0.05) is 15.2 Å². The van der Waals surface area contributed by atoms with Gasteiger partial charge in [0.25, 0.3) is 0 Å². The fraction of sp³-hybridized carbons (Fsp3) is 0. The monoisotopic (exact) mass is 281 g/mol. The Labute approximate surface area is 99.0 Å². The lowest BCUT2D eigenvalue weighted by Crippen LogP contribution is -1.73. The molecular formula is C11H5BrClNO. The van der Waals surface area contributed by atoms with Crippen LogP contribution in [0.2, 0.25) is 5.15 Å². The van der Waals surface area contributed by atoms with E-state index in [0.29, 0.717) is 10.9 Å². The van der Waals surface area contributed by atoms with Crippen molar-refractivity contribution in [3.8, 4) is 0 Å². The Morgan fingerprint density at radius 2 is 2.07 bits per heavy atom. The van der Waals surface area contributed by atoms with Crippen LogP contribution in [0.25, 0.3) is 22.1 Å². The second kappa shape index (κ2) is 3.22. The molecule has 0 fully saturated rings. The lowest BCUT2D eigenvalue weighted by atomic mass is 10.2. The first-order valence-corrected chi connectivity index (χ1v) is 5.56. The number of benzene rings is 1. The first kappa shape index (κ1) is 9.19. The Bertz CT molecular complexity index is 662. The molecule has 0 radical (unpaired) electrons. The van der Waals surface area contributed by atoms with Gasteiger partial charge in [-0.05, 0) is 24.3 Å². The van der Waals surface area contributed by atoms with Crippen molar-refractivity contribution in [3.05, 3.63) is 40.0 Å². The van der Waals surface area contributed by atoms with Crippen molar-refractivity contribution in [2.24, 2.45) is 0 Å². The van der Waals surface area contributed by atoms with Crippen LogP contribution in [0.3, 0.4) is 0 Å². The summed E-state index contributed by atoms with van der Waals surface area (Å²) in [6.45, 7) is 0. The minimum absolute atomic E-state index is 0.442. The van der Waals surface area contributed by atoms with Crippen molar-refractivity contribution >= 4 is 49.6 Å². The third kappa shape index (κ3) is 1.34. The van der Waals surface area contributed by atoms with Crippen LogP contribution in [0.4, 0.5) is 0 Å². The molecule has 3 rings (SSSR count). The van der Waals surface area contributed by atoms with E-state index in [0.717, 1.165) is 20.8 Å². The van der Waals surface area contributed by atoms with E-state index in [-0.39, 0.29) is 0 Å². The van der Waals surface area contributed by atoms with E-state index in [9.17, 15) is 0 Å². The molecule has 4 heteroatoms. The Morgan fingerprint density at radius 1 is 1.20 bits per heavy atom. The van der Waals surface area contributed by atoms with Gasteiger partial charge in [-0.1, -0.05) is 33.6 Å². The first-order valence-electron chi connectivity index (χ1n) is 4.39. The van der Waals surface area contributed by atoms with Gasteiger partial charge in [0.1, 0.15) is 10.7 Å². The van der Waals surface area contributed by atoms with E-state index in [2.05, 4.69) is 20.9 Å². The number of hydrogen-bond acceptors (Lipinski definition) is 2.